The van der Waals surface area contributed by atoms with Crippen molar-refractivity contribution in [2.75, 3.05) is 37.6 Å². The van der Waals surface area contributed by atoms with Crippen LogP contribution in [0.4, 0.5) is 5.82 Å². The van der Waals surface area contributed by atoms with E-state index in [9.17, 15) is 9.59 Å². The highest BCUT2D eigenvalue weighted by molar-refractivity contribution is 5.94. The highest BCUT2D eigenvalue weighted by Crippen LogP contribution is 2.28. The molecule has 2 aromatic rings. The summed E-state index contributed by atoms with van der Waals surface area (Å²) in [5, 5.41) is 7.72. The van der Waals surface area contributed by atoms with Gasteiger partial charge in [0.1, 0.15) is 11.5 Å². The molecule has 2 aliphatic heterocycles. The van der Waals surface area contributed by atoms with Crippen LogP contribution in [0.3, 0.4) is 0 Å². The van der Waals surface area contributed by atoms with E-state index in [1.165, 1.54) is 32.4 Å². The number of carbonyl (C=O) groups excluding carboxylic acids is 2. The molecular formula is C23H34N6O2. The third-order valence-electron chi connectivity index (χ3n) is 6.29. The summed E-state index contributed by atoms with van der Waals surface area (Å²) in [4.78, 5) is 29.0. The number of anilines is 1. The molecule has 1 saturated heterocycles. The van der Waals surface area contributed by atoms with Crippen molar-refractivity contribution in [3.63, 3.8) is 0 Å². The van der Waals surface area contributed by atoms with Crippen molar-refractivity contribution in [3.05, 3.63) is 24.4 Å². The van der Waals surface area contributed by atoms with E-state index < -0.39 is 0 Å². The van der Waals surface area contributed by atoms with Crippen LogP contribution in [-0.4, -0.2) is 63.8 Å². The number of aryl methyl sites for hydroxylation is 2. The summed E-state index contributed by atoms with van der Waals surface area (Å²) in [7, 11) is 1.99. The van der Waals surface area contributed by atoms with Crippen molar-refractivity contribution in [1.82, 2.24) is 24.6 Å². The maximum Gasteiger partial charge on any atom is 0.229 e. The topological polar surface area (TPSA) is 75.4 Å². The number of nitrogens with one attached hydrogen (secondary N) is 1. The Morgan fingerprint density at radius 1 is 1.13 bits per heavy atom. The second-order valence-corrected chi connectivity index (χ2v) is 8.62. The summed E-state index contributed by atoms with van der Waals surface area (Å²) < 4.78 is 3.93. The van der Waals surface area contributed by atoms with Gasteiger partial charge in [-0.2, -0.15) is 5.10 Å². The van der Waals surface area contributed by atoms with Crippen molar-refractivity contribution in [3.8, 4) is 11.4 Å². The van der Waals surface area contributed by atoms with E-state index >= 15 is 0 Å². The highest BCUT2D eigenvalue weighted by atomic mass is 16.2. The van der Waals surface area contributed by atoms with Gasteiger partial charge in [0.15, 0.2) is 0 Å². The van der Waals surface area contributed by atoms with E-state index in [1.54, 1.807) is 4.90 Å². The first-order valence-electron chi connectivity index (χ1n) is 11.6. The van der Waals surface area contributed by atoms with Gasteiger partial charge >= 0.3 is 0 Å². The van der Waals surface area contributed by atoms with Gasteiger partial charge in [0.05, 0.1) is 12.2 Å². The van der Waals surface area contributed by atoms with Crippen molar-refractivity contribution in [1.29, 1.82) is 0 Å². The zero-order chi connectivity index (χ0) is 21.6. The monoisotopic (exact) mass is 426 g/mol. The number of fused-ring (bicyclic) bond motifs is 1. The maximum atomic E-state index is 12.5. The first-order valence-corrected chi connectivity index (χ1v) is 11.6. The molecule has 4 heterocycles. The van der Waals surface area contributed by atoms with Gasteiger partial charge in [0.2, 0.25) is 11.8 Å². The van der Waals surface area contributed by atoms with Crippen LogP contribution >= 0.6 is 0 Å². The third kappa shape index (κ3) is 5.36. The molecular weight excluding hydrogens is 392 g/mol. The van der Waals surface area contributed by atoms with Crippen molar-refractivity contribution >= 4 is 17.6 Å². The molecule has 31 heavy (non-hydrogen) atoms. The van der Waals surface area contributed by atoms with Crippen LogP contribution in [-0.2, 0) is 23.2 Å². The quantitative estimate of drug-likeness (QED) is 0.625. The van der Waals surface area contributed by atoms with Crippen molar-refractivity contribution in [2.24, 2.45) is 7.05 Å². The maximum absolute atomic E-state index is 12.5. The number of carbonyl (C=O) groups is 2. The number of nitrogens with zero attached hydrogens (tertiary/aromatic N) is 5. The number of hydrogen-bond acceptors (Lipinski definition) is 4. The highest BCUT2D eigenvalue weighted by Gasteiger charge is 2.26. The lowest BCUT2D eigenvalue weighted by atomic mass is 10.1. The van der Waals surface area contributed by atoms with E-state index in [4.69, 9.17) is 0 Å². The smallest absolute Gasteiger partial charge is 0.229 e. The Kier molecular flexibility index (Phi) is 7.06. The van der Waals surface area contributed by atoms with Gasteiger partial charge < -0.3 is 14.8 Å². The minimum absolute atomic E-state index is 0.0705. The molecule has 2 aliphatic rings. The number of rotatable bonds is 9. The van der Waals surface area contributed by atoms with Crippen LogP contribution in [0, 0.1) is 0 Å². The molecule has 0 aliphatic carbocycles. The van der Waals surface area contributed by atoms with Crippen molar-refractivity contribution < 1.29 is 9.59 Å². The molecule has 0 atom stereocenters. The molecule has 0 spiro atoms. The van der Waals surface area contributed by atoms with Gasteiger partial charge in [-0.1, -0.05) is 6.42 Å². The fourth-order valence-corrected chi connectivity index (χ4v) is 4.54. The van der Waals surface area contributed by atoms with Crippen LogP contribution in [0.2, 0.25) is 0 Å². The Hall–Kier alpha value is -2.61. The van der Waals surface area contributed by atoms with E-state index in [1.807, 2.05) is 40.7 Å². The predicted octanol–water partition coefficient (Wildman–Crippen LogP) is 2.40. The second kappa shape index (κ2) is 10.1. The minimum Gasteiger partial charge on any atom is -0.356 e. The molecule has 8 nitrogen and oxygen atoms in total. The molecule has 0 unspecified atom stereocenters. The van der Waals surface area contributed by atoms with E-state index in [-0.39, 0.29) is 11.8 Å². The van der Waals surface area contributed by atoms with Gasteiger partial charge in [0.25, 0.3) is 0 Å². The molecule has 2 aromatic heterocycles. The zero-order valence-corrected chi connectivity index (χ0v) is 18.6. The van der Waals surface area contributed by atoms with Gasteiger partial charge in [-0.05, 0) is 57.5 Å². The summed E-state index contributed by atoms with van der Waals surface area (Å²) in [5.74, 6) is 1.00. The Morgan fingerprint density at radius 2 is 1.97 bits per heavy atom. The number of piperidine rings is 1. The van der Waals surface area contributed by atoms with Crippen molar-refractivity contribution in [2.45, 2.75) is 51.5 Å². The second-order valence-electron chi connectivity index (χ2n) is 8.62. The molecule has 1 fully saturated rings. The molecule has 4 rings (SSSR count). The molecule has 2 amide bonds. The van der Waals surface area contributed by atoms with Crippen LogP contribution in [0.5, 0.6) is 0 Å². The minimum atomic E-state index is 0.0705. The average molecular weight is 427 g/mol. The van der Waals surface area contributed by atoms with Crippen LogP contribution in [0.1, 0.15) is 44.9 Å². The van der Waals surface area contributed by atoms with E-state index in [0.29, 0.717) is 32.4 Å². The Balaban J connectivity index is 1.23. The molecule has 0 bridgehead atoms. The predicted molar refractivity (Wildman–Crippen MR) is 121 cm³/mol. The SMILES string of the molecule is Cn1cccc1-c1cc2n(n1)CCC(=O)N2CCCC(=O)NCCCN1CCCCC1. The number of amides is 2. The summed E-state index contributed by atoms with van der Waals surface area (Å²) in [6.07, 6.45) is 8.46. The Morgan fingerprint density at radius 3 is 2.74 bits per heavy atom. The first-order chi connectivity index (χ1) is 15.1. The molecule has 1 N–H and O–H groups in total. The van der Waals surface area contributed by atoms with Gasteiger partial charge in [-0.3, -0.25) is 14.5 Å². The number of aromatic nitrogens is 3. The normalized spacial score (nSPS) is 17.1. The molecule has 0 radical (unpaired) electrons. The fourth-order valence-electron chi connectivity index (χ4n) is 4.54. The molecule has 168 valence electrons. The standard InChI is InChI=1S/C23H34N6O2/c1-26-12-5-8-20(26)19-18-22-28(23(31)10-17-29(22)25-19)16-6-9-21(30)24-11-7-15-27-13-3-2-4-14-27/h5,8,12,18H,2-4,6-7,9-11,13-17H2,1H3,(H,24,30). The molecule has 0 saturated carbocycles. The Labute approximate surface area is 184 Å². The summed E-state index contributed by atoms with van der Waals surface area (Å²) >= 11 is 0. The summed E-state index contributed by atoms with van der Waals surface area (Å²) in [5.41, 5.74) is 1.90. The first kappa shape index (κ1) is 21.6. The van der Waals surface area contributed by atoms with Crippen LogP contribution in [0.25, 0.3) is 11.4 Å². The van der Waals surface area contributed by atoms with Gasteiger partial charge in [-0.15, -0.1) is 0 Å². The summed E-state index contributed by atoms with van der Waals surface area (Å²) in [6.45, 7) is 5.33. The third-order valence-corrected chi connectivity index (χ3v) is 6.29. The van der Waals surface area contributed by atoms with E-state index in [0.717, 1.165) is 36.7 Å². The zero-order valence-electron chi connectivity index (χ0n) is 18.6. The Bertz CT molecular complexity index is 896. The lowest BCUT2D eigenvalue weighted by molar-refractivity contribution is -0.122. The van der Waals surface area contributed by atoms with Gasteiger partial charge in [-0.25, -0.2) is 4.68 Å². The van der Waals surface area contributed by atoms with Crippen LogP contribution < -0.4 is 10.2 Å². The lowest BCUT2D eigenvalue weighted by Gasteiger charge is -2.27. The molecule has 0 aromatic carbocycles. The van der Waals surface area contributed by atoms with Gasteiger partial charge in [0, 0.05) is 45.2 Å². The number of hydrogen-bond donors (Lipinski definition) is 1. The van der Waals surface area contributed by atoms with Crippen LogP contribution in [0.15, 0.2) is 24.4 Å². The number of likely N-dealkylation sites (tertiary alicyclic amines) is 1. The lowest BCUT2D eigenvalue weighted by Crippen LogP contribution is -2.38. The molecule has 8 heteroatoms. The largest absolute Gasteiger partial charge is 0.356 e. The summed E-state index contributed by atoms with van der Waals surface area (Å²) in [6, 6.07) is 5.99. The fraction of sp³-hybridized carbons (Fsp3) is 0.609. The van der Waals surface area contributed by atoms with E-state index in [2.05, 4.69) is 15.3 Å². The average Bonchev–Trinajstić information content (AvgIpc) is 3.39.